The maximum atomic E-state index is 15.0. The monoisotopic (exact) mass is 655 g/mol. The van der Waals surface area contributed by atoms with Crippen LogP contribution in [0.1, 0.15) is 29.0 Å². The first-order chi connectivity index (χ1) is 21.4. The third-order valence-electron chi connectivity index (χ3n) is 7.14. The van der Waals surface area contributed by atoms with E-state index in [4.69, 9.17) is 26.8 Å². The van der Waals surface area contributed by atoms with E-state index >= 15 is 0 Å². The van der Waals surface area contributed by atoms with Crippen LogP contribution in [0.2, 0.25) is 5.02 Å². The summed E-state index contributed by atoms with van der Waals surface area (Å²) in [5.74, 6) is -2.78. The van der Waals surface area contributed by atoms with E-state index in [1.165, 1.54) is 30.5 Å². The van der Waals surface area contributed by atoms with Crippen LogP contribution in [0.3, 0.4) is 0 Å². The summed E-state index contributed by atoms with van der Waals surface area (Å²) in [6.45, 7) is -1.30. The Bertz CT molecular complexity index is 1460. The molecule has 3 aromatic rings. The summed E-state index contributed by atoms with van der Waals surface area (Å²) in [5.41, 5.74) is 7.52. The minimum Gasteiger partial charge on any atom is -0.448 e. The Balaban J connectivity index is 1.36. The summed E-state index contributed by atoms with van der Waals surface area (Å²) in [6, 6.07) is 10.4. The second kappa shape index (κ2) is 15.4. The largest absolute Gasteiger partial charge is 0.448 e. The molecule has 1 aliphatic heterocycles. The molecule has 4 rings (SSSR count). The van der Waals surface area contributed by atoms with Crippen LogP contribution in [-0.2, 0) is 20.7 Å². The molecule has 1 aliphatic rings. The topological polar surface area (TPSA) is 128 Å². The first kappa shape index (κ1) is 34.0. The number of nitrogens with two attached hydrogens (primary N) is 1. The molecule has 0 spiro atoms. The molecule has 1 saturated heterocycles. The summed E-state index contributed by atoms with van der Waals surface area (Å²) in [5, 5.41) is 7.84. The fourth-order valence-electron chi connectivity index (χ4n) is 4.85. The lowest BCUT2D eigenvalue weighted by atomic mass is 9.85. The number of nitrogens with one attached hydrogen (secondary N) is 3. The Labute approximate surface area is 260 Å². The van der Waals surface area contributed by atoms with Crippen molar-refractivity contribution < 1.29 is 41.0 Å². The second-order valence-electron chi connectivity index (χ2n) is 10.4. The number of ether oxygens (including phenoxy) is 2. The molecule has 2 heterocycles. The number of benzene rings is 2. The number of pyridine rings is 1. The van der Waals surface area contributed by atoms with Crippen molar-refractivity contribution in [1.29, 1.82) is 0 Å². The Morgan fingerprint density at radius 3 is 2.56 bits per heavy atom. The number of hydrogen-bond donors (Lipinski definition) is 4. The molecule has 1 fully saturated rings. The highest BCUT2D eigenvalue weighted by molar-refractivity contribution is 6.30. The van der Waals surface area contributed by atoms with E-state index in [2.05, 4.69) is 15.6 Å². The van der Waals surface area contributed by atoms with Gasteiger partial charge in [0.05, 0.1) is 31.0 Å². The molecule has 45 heavy (non-hydrogen) atoms. The fourth-order valence-corrected chi connectivity index (χ4v) is 4.98. The lowest BCUT2D eigenvalue weighted by Crippen LogP contribution is -2.49. The van der Waals surface area contributed by atoms with Crippen molar-refractivity contribution in [3.63, 3.8) is 0 Å². The number of aromatic nitrogens is 1. The Morgan fingerprint density at radius 1 is 1.13 bits per heavy atom. The van der Waals surface area contributed by atoms with Crippen molar-refractivity contribution in [2.45, 2.75) is 43.1 Å². The molecule has 1 aromatic heterocycles. The second-order valence-corrected chi connectivity index (χ2v) is 10.8. The van der Waals surface area contributed by atoms with E-state index in [1.54, 1.807) is 29.6 Å². The molecule has 0 unspecified atom stereocenters. The minimum absolute atomic E-state index is 0.102. The van der Waals surface area contributed by atoms with Gasteiger partial charge in [-0.2, -0.15) is 13.2 Å². The highest BCUT2D eigenvalue weighted by atomic mass is 35.5. The molecule has 0 saturated carbocycles. The van der Waals surface area contributed by atoms with Gasteiger partial charge in [-0.1, -0.05) is 29.8 Å². The number of anilines is 1. The first-order valence-electron chi connectivity index (χ1n) is 13.9. The number of alkyl carbamates (subject to hydrolysis) is 1. The number of carbonyl (C=O) groups excluding carboxylic acids is 2. The molecule has 2 aromatic carbocycles. The first-order valence-corrected chi connectivity index (χ1v) is 14.3. The number of carbonyl (C=O) groups is 2. The molecule has 9 nitrogen and oxygen atoms in total. The predicted molar refractivity (Wildman–Crippen MR) is 156 cm³/mol. The molecule has 0 aliphatic carbocycles. The molecule has 0 radical (unpaired) electrons. The molecular formula is C30H31ClF5N5O4. The van der Waals surface area contributed by atoms with Gasteiger partial charge in [0.2, 0.25) is 5.91 Å². The van der Waals surface area contributed by atoms with Gasteiger partial charge in [-0.15, -0.1) is 0 Å². The van der Waals surface area contributed by atoms with E-state index in [1.807, 2.05) is 0 Å². The van der Waals surface area contributed by atoms with Crippen LogP contribution in [-0.4, -0.2) is 67.7 Å². The highest BCUT2D eigenvalue weighted by Crippen LogP contribution is 2.31. The molecule has 242 valence electrons. The van der Waals surface area contributed by atoms with Crippen molar-refractivity contribution in [3.8, 4) is 0 Å². The van der Waals surface area contributed by atoms with Gasteiger partial charge >= 0.3 is 12.3 Å². The maximum absolute atomic E-state index is 15.0. The van der Waals surface area contributed by atoms with E-state index < -0.39 is 54.4 Å². The minimum atomic E-state index is -4.55. The summed E-state index contributed by atoms with van der Waals surface area (Å²) in [4.78, 5) is 28.6. The van der Waals surface area contributed by atoms with Gasteiger partial charge in [0.1, 0.15) is 24.8 Å². The normalized spacial score (nSPS) is 18.1. The smallest absolute Gasteiger partial charge is 0.407 e. The van der Waals surface area contributed by atoms with Crippen LogP contribution in [0, 0.1) is 11.6 Å². The van der Waals surface area contributed by atoms with Gasteiger partial charge in [-0.25, -0.2) is 13.6 Å². The number of amides is 2. The van der Waals surface area contributed by atoms with E-state index in [9.17, 15) is 31.5 Å². The zero-order chi connectivity index (χ0) is 32.6. The van der Waals surface area contributed by atoms with E-state index in [0.717, 1.165) is 6.20 Å². The van der Waals surface area contributed by atoms with Crippen molar-refractivity contribution >= 4 is 29.3 Å². The number of rotatable bonds is 11. The van der Waals surface area contributed by atoms with Crippen LogP contribution < -0.4 is 21.7 Å². The number of halogens is 6. The standard InChI is InChI=1S/C30H31ClF5N5O4/c31-18-6-4-17(5-7-18)26(22-10-11-38-13-24(22)33)27(37)28(42)41-25-3-1-2-23(32)21(25)9-8-20-12-39-19(14-44-20)15-45-29(43)40-16-30(34,35)36/h1-7,10-11,13,19-20,26-27,39H,8-9,12,14-16,37H2,(H,40,43)(H,41,42)/t19-,20+,26-,27-/m0/s1. The summed E-state index contributed by atoms with van der Waals surface area (Å²) in [7, 11) is 0. The van der Waals surface area contributed by atoms with Gasteiger partial charge in [0, 0.05) is 40.5 Å². The van der Waals surface area contributed by atoms with Gasteiger partial charge < -0.3 is 31.2 Å². The van der Waals surface area contributed by atoms with E-state index in [-0.39, 0.29) is 42.6 Å². The SMILES string of the molecule is N[C@H](C(=O)Nc1cccc(F)c1CC[C@@H]1CN[C@H](COC(=O)NCC(F)(F)F)CO1)[C@@H](c1ccc(Cl)cc1)c1ccncc1F. The Kier molecular flexibility index (Phi) is 11.7. The number of alkyl halides is 3. The molecule has 0 bridgehead atoms. The fraction of sp³-hybridized carbons (Fsp3) is 0.367. The van der Waals surface area contributed by atoms with Gasteiger partial charge in [0.25, 0.3) is 0 Å². The van der Waals surface area contributed by atoms with Crippen LogP contribution in [0.25, 0.3) is 0 Å². The van der Waals surface area contributed by atoms with Crippen molar-refractivity contribution in [3.05, 3.63) is 94.3 Å². The number of hydrogen-bond acceptors (Lipinski definition) is 7. The van der Waals surface area contributed by atoms with Crippen molar-refractivity contribution in [2.75, 3.05) is 31.6 Å². The van der Waals surface area contributed by atoms with Crippen molar-refractivity contribution in [2.24, 2.45) is 5.73 Å². The molecular weight excluding hydrogens is 625 g/mol. The van der Waals surface area contributed by atoms with Gasteiger partial charge in [-0.05, 0) is 48.7 Å². The zero-order valence-corrected chi connectivity index (χ0v) is 24.5. The number of morpholine rings is 1. The molecule has 5 N–H and O–H groups in total. The van der Waals surface area contributed by atoms with E-state index in [0.29, 0.717) is 23.6 Å². The summed E-state index contributed by atoms with van der Waals surface area (Å²) < 4.78 is 77.0. The highest BCUT2D eigenvalue weighted by Gasteiger charge is 2.31. The van der Waals surface area contributed by atoms with Gasteiger partial charge in [0.15, 0.2) is 0 Å². The third kappa shape index (κ3) is 9.82. The Hall–Kier alpha value is -3.85. The lowest BCUT2D eigenvalue weighted by molar-refractivity contribution is -0.124. The van der Waals surface area contributed by atoms with Crippen LogP contribution in [0.4, 0.5) is 32.4 Å². The molecule has 4 atom stereocenters. The predicted octanol–water partition coefficient (Wildman–Crippen LogP) is 4.69. The summed E-state index contributed by atoms with van der Waals surface area (Å²) >= 11 is 6.02. The average Bonchev–Trinajstić information content (AvgIpc) is 3.00. The Morgan fingerprint density at radius 2 is 1.89 bits per heavy atom. The molecule has 15 heteroatoms. The molecule has 2 amide bonds. The number of nitrogens with zero attached hydrogens (tertiary/aromatic N) is 1. The zero-order valence-electron chi connectivity index (χ0n) is 23.8. The quantitative estimate of drug-likeness (QED) is 0.221. The summed E-state index contributed by atoms with van der Waals surface area (Å²) in [6.07, 6.45) is -3.18. The van der Waals surface area contributed by atoms with Gasteiger partial charge in [-0.3, -0.25) is 9.78 Å². The van der Waals surface area contributed by atoms with Crippen molar-refractivity contribution in [1.82, 2.24) is 15.6 Å². The average molecular weight is 656 g/mol. The maximum Gasteiger partial charge on any atom is 0.407 e. The third-order valence-corrected chi connectivity index (χ3v) is 7.39. The van der Waals surface area contributed by atoms with Crippen LogP contribution >= 0.6 is 11.6 Å². The lowest BCUT2D eigenvalue weighted by Gasteiger charge is -2.30. The van der Waals surface area contributed by atoms with Crippen LogP contribution in [0.5, 0.6) is 0 Å². The van der Waals surface area contributed by atoms with Crippen LogP contribution in [0.15, 0.2) is 60.9 Å².